The number of non-ortho nitro benzene ring substituents is 1. The molecule has 1 aromatic rings. The summed E-state index contributed by atoms with van der Waals surface area (Å²) in [4.78, 5) is 51.8. The lowest BCUT2D eigenvalue weighted by Crippen LogP contribution is -2.73. The van der Waals surface area contributed by atoms with Crippen LogP contribution in [-0.2, 0) is 20.7 Å². The Bertz CT molecular complexity index is 871. The van der Waals surface area contributed by atoms with Gasteiger partial charge in [0.2, 0.25) is 11.8 Å². The number of nitrogens with one attached hydrogen (secondary N) is 1. The Balaban J connectivity index is 1.89. The van der Waals surface area contributed by atoms with Gasteiger partial charge in [-0.3, -0.25) is 29.9 Å². The van der Waals surface area contributed by atoms with E-state index in [0.717, 1.165) is 10.6 Å². The number of anilines is 1. The third-order valence-corrected chi connectivity index (χ3v) is 5.56. The quantitative estimate of drug-likeness (QED) is 0.453. The Hall–Kier alpha value is -3.01. The van der Waals surface area contributed by atoms with Crippen molar-refractivity contribution in [3.05, 3.63) is 33.9 Å². The molecule has 3 aliphatic rings. The summed E-state index contributed by atoms with van der Waals surface area (Å²) in [5, 5.41) is 13.5. The molecular weight excluding hydrogens is 356 g/mol. The van der Waals surface area contributed by atoms with Crippen molar-refractivity contribution in [2.45, 2.75) is 19.4 Å². The standard InChI is InChI=1S/C17H18N4O6/c1-2-19-15(23)17(14(22)18-16(19)24)8-10-7-11(21(25)26)3-4-12(10)20-5-6-27-9-13(17)20/h3-4,7,13H,2,5-6,8-9H2,1H3,(H,18,22,24)/t13-,17-/m1/s1. The first-order chi connectivity index (χ1) is 12.9. The first kappa shape index (κ1) is 17.4. The maximum absolute atomic E-state index is 13.3. The van der Waals surface area contributed by atoms with Gasteiger partial charge in [0, 0.05) is 37.3 Å². The van der Waals surface area contributed by atoms with E-state index in [2.05, 4.69) is 5.32 Å². The number of amides is 4. The van der Waals surface area contributed by atoms with Gasteiger partial charge in [-0.25, -0.2) is 4.79 Å². The highest BCUT2D eigenvalue weighted by Crippen LogP contribution is 2.46. The van der Waals surface area contributed by atoms with Crippen molar-refractivity contribution in [3.63, 3.8) is 0 Å². The van der Waals surface area contributed by atoms with Gasteiger partial charge in [-0.05, 0) is 18.6 Å². The summed E-state index contributed by atoms with van der Waals surface area (Å²) < 4.78 is 5.55. The molecule has 1 spiro atoms. The number of rotatable bonds is 2. The van der Waals surface area contributed by atoms with Crippen molar-refractivity contribution in [2.24, 2.45) is 5.41 Å². The maximum atomic E-state index is 13.3. The zero-order chi connectivity index (χ0) is 19.3. The number of ether oxygens (including phenoxy) is 1. The molecule has 4 rings (SSSR count). The highest BCUT2D eigenvalue weighted by molar-refractivity contribution is 6.20. The first-order valence-corrected chi connectivity index (χ1v) is 8.69. The van der Waals surface area contributed by atoms with Crippen LogP contribution in [0, 0.1) is 15.5 Å². The lowest BCUT2D eigenvalue weighted by atomic mass is 9.68. The number of morpholine rings is 1. The molecule has 1 aromatic carbocycles. The zero-order valence-electron chi connectivity index (χ0n) is 14.6. The average molecular weight is 374 g/mol. The van der Waals surface area contributed by atoms with Crippen LogP contribution in [0.5, 0.6) is 0 Å². The third kappa shape index (κ3) is 2.33. The largest absolute Gasteiger partial charge is 0.377 e. The lowest BCUT2D eigenvalue weighted by Gasteiger charge is -2.53. The monoisotopic (exact) mass is 374 g/mol. The molecule has 0 bridgehead atoms. The van der Waals surface area contributed by atoms with E-state index < -0.39 is 34.2 Å². The number of fused-ring (bicyclic) bond motifs is 4. The summed E-state index contributed by atoms with van der Waals surface area (Å²) in [6.07, 6.45) is -0.0248. The second kappa shape index (κ2) is 6.02. The van der Waals surface area contributed by atoms with Gasteiger partial charge in [0.15, 0.2) is 5.41 Å². The summed E-state index contributed by atoms with van der Waals surface area (Å²) >= 11 is 0. The number of nitro benzene ring substituents is 1. The van der Waals surface area contributed by atoms with Gasteiger partial charge in [-0.1, -0.05) is 0 Å². The minimum Gasteiger partial charge on any atom is -0.377 e. The van der Waals surface area contributed by atoms with Crippen LogP contribution in [0.1, 0.15) is 12.5 Å². The average Bonchev–Trinajstić information content (AvgIpc) is 2.66. The van der Waals surface area contributed by atoms with Crippen LogP contribution in [0.4, 0.5) is 16.2 Å². The van der Waals surface area contributed by atoms with Crippen LogP contribution < -0.4 is 10.2 Å². The fraction of sp³-hybridized carbons (Fsp3) is 0.471. The summed E-state index contributed by atoms with van der Waals surface area (Å²) in [7, 11) is 0. The van der Waals surface area contributed by atoms with Gasteiger partial charge >= 0.3 is 6.03 Å². The number of nitrogens with zero attached hydrogens (tertiary/aromatic N) is 3. The molecule has 4 amide bonds. The molecule has 0 aromatic heterocycles. The molecule has 2 fully saturated rings. The van der Waals surface area contributed by atoms with Crippen molar-refractivity contribution >= 4 is 29.2 Å². The van der Waals surface area contributed by atoms with E-state index in [4.69, 9.17) is 4.74 Å². The highest BCUT2D eigenvalue weighted by Gasteiger charge is 2.62. The predicted octanol–water partition coefficient (Wildman–Crippen LogP) is 0.441. The smallest absolute Gasteiger partial charge is 0.330 e. The second-order valence-electron chi connectivity index (χ2n) is 6.81. The van der Waals surface area contributed by atoms with E-state index in [1.165, 1.54) is 12.1 Å². The van der Waals surface area contributed by atoms with Crippen molar-refractivity contribution in [1.82, 2.24) is 10.2 Å². The Morgan fingerprint density at radius 3 is 2.85 bits per heavy atom. The summed E-state index contributed by atoms with van der Waals surface area (Å²) in [6, 6.07) is 3.12. The zero-order valence-corrected chi connectivity index (χ0v) is 14.6. The minimum atomic E-state index is -1.56. The maximum Gasteiger partial charge on any atom is 0.330 e. The van der Waals surface area contributed by atoms with Gasteiger partial charge in [-0.2, -0.15) is 0 Å². The summed E-state index contributed by atoms with van der Waals surface area (Å²) in [5.74, 6) is -1.27. The number of benzene rings is 1. The van der Waals surface area contributed by atoms with E-state index in [1.54, 1.807) is 13.0 Å². The Morgan fingerprint density at radius 2 is 2.15 bits per heavy atom. The van der Waals surface area contributed by atoms with Crippen LogP contribution in [0.3, 0.4) is 0 Å². The molecule has 2 saturated heterocycles. The molecule has 0 unspecified atom stereocenters. The van der Waals surface area contributed by atoms with Crippen molar-refractivity contribution in [1.29, 1.82) is 0 Å². The van der Waals surface area contributed by atoms with E-state index in [9.17, 15) is 24.5 Å². The molecule has 27 heavy (non-hydrogen) atoms. The van der Waals surface area contributed by atoms with Crippen molar-refractivity contribution < 1.29 is 24.0 Å². The molecule has 142 valence electrons. The van der Waals surface area contributed by atoms with Crippen molar-refractivity contribution in [2.75, 3.05) is 31.2 Å². The van der Waals surface area contributed by atoms with Crippen LogP contribution in [-0.4, -0.2) is 60.0 Å². The van der Waals surface area contributed by atoms with Crippen LogP contribution in [0.2, 0.25) is 0 Å². The SMILES string of the molecule is CCN1C(=O)NC(=O)[C@]2(Cc3cc([N+](=O)[O-])ccc3N3CCOC[C@@H]32)C1=O. The summed E-state index contributed by atoms with van der Waals surface area (Å²) in [5.41, 5.74) is -0.383. The van der Waals surface area contributed by atoms with Gasteiger partial charge in [0.05, 0.1) is 24.2 Å². The number of carbonyl (C=O) groups is 3. The molecular formula is C17H18N4O6. The Kier molecular flexibility index (Phi) is 3.88. The summed E-state index contributed by atoms with van der Waals surface area (Å²) in [6.45, 7) is 2.78. The topological polar surface area (TPSA) is 122 Å². The number of hydrogen-bond donors (Lipinski definition) is 1. The fourth-order valence-electron chi connectivity index (χ4n) is 4.27. The number of hydrogen-bond acceptors (Lipinski definition) is 7. The van der Waals surface area contributed by atoms with Crippen LogP contribution >= 0.6 is 0 Å². The molecule has 0 radical (unpaired) electrons. The highest BCUT2D eigenvalue weighted by atomic mass is 16.6. The number of nitro groups is 1. The molecule has 10 nitrogen and oxygen atoms in total. The number of barbiturate groups is 1. The molecule has 1 N–H and O–H groups in total. The molecule has 0 aliphatic carbocycles. The molecule has 0 saturated carbocycles. The van der Waals surface area contributed by atoms with Gasteiger partial charge in [-0.15, -0.1) is 0 Å². The van der Waals surface area contributed by atoms with E-state index in [1.807, 2.05) is 4.90 Å². The van der Waals surface area contributed by atoms with E-state index in [-0.39, 0.29) is 25.3 Å². The Morgan fingerprint density at radius 1 is 1.37 bits per heavy atom. The van der Waals surface area contributed by atoms with Crippen molar-refractivity contribution in [3.8, 4) is 0 Å². The molecule has 3 aliphatic heterocycles. The van der Waals surface area contributed by atoms with E-state index >= 15 is 0 Å². The number of carbonyl (C=O) groups excluding carboxylic acids is 3. The van der Waals surface area contributed by atoms with Crippen LogP contribution in [0.25, 0.3) is 0 Å². The van der Waals surface area contributed by atoms with Gasteiger partial charge in [0.25, 0.3) is 5.69 Å². The normalized spacial score (nSPS) is 27.3. The van der Waals surface area contributed by atoms with E-state index in [0.29, 0.717) is 18.7 Å². The lowest BCUT2D eigenvalue weighted by molar-refractivity contribution is -0.384. The van der Waals surface area contributed by atoms with Crippen LogP contribution in [0.15, 0.2) is 18.2 Å². The molecule has 10 heteroatoms. The van der Waals surface area contributed by atoms with Gasteiger partial charge < -0.3 is 9.64 Å². The predicted molar refractivity (Wildman–Crippen MR) is 92.1 cm³/mol. The van der Waals surface area contributed by atoms with Gasteiger partial charge in [0.1, 0.15) is 0 Å². The first-order valence-electron chi connectivity index (χ1n) is 8.69. The minimum absolute atomic E-state index is 0.0248. The third-order valence-electron chi connectivity index (χ3n) is 5.56. The molecule has 3 heterocycles. The second-order valence-corrected chi connectivity index (χ2v) is 6.81. The Labute approximate surface area is 154 Å². The fourth-order valence-corrected chi connectivity index (χ4v) is 4.27. The number of urea groups is 1. The molecule has 2 atom stereocenters. The number of imide groups is 2.